The molecule has 0 bridgehead atoms. The molecule has 0 fully saturated rings. The van der Waals surface area contributed by atoms with E-state index in [4.69, 9.17) is 4.74 Å². The van der Waals surface area contributed by atoms with Gasteiger partial charge in [0, 0.05) is 29.9 Å². The molecule has 0 aliphatic carbocycles. The summed E-state index contributed by atoms with van der Waals surface area (Å²) in [6.45, 7) is 7.41. The van der Waals surface area contributed by atoms with Gasteiger partial charge in [0.1, 0.15) is 5.60 Å². The Hall–Kier alpha value is -3.35. The van der Waals surface area contributed by atoms with E-state index in [1.54, 1.807) is 51.1 Å². The molecule has 29 heavy (non-hydrogen) atoms. The Labute approximate surface area is 170 Å². The molecule has 7 heteroatoms. The van der Waals surface area contributed by atoms with Gasteiger partial charge in [0.15, 0.2) is 0 Å². The summed E-state index contributed by atoms with van der Waals surface area (Å²) in [5, 5.41) is 8.09. The predicted molar refractivity (Wildman–Crippen MR) is 113 cm³/mol. The number of carbonyl (C=O) groups excluding carboxylic acids is 3. The average molecular weight is 397 g/mol. The van der Waals surface area contributed by atoms with Crippen LogP contribution < -0.4 is 16.0 Å². The zero-order chi connectivity index (χ0) is 21.4. The molecule has 2 aromatic rings. The number of rotatable bonds is 6. The lowest BCUT2D eigenvalue weighted by molar-refractivity contribution is -0.116. The van der Waals surface area contributed by atoms with Gasteiger partial charge in [-0.25, -0.2) is 4.79 Å². The van der Waals surface area contributed by atoms with Crippen molar-refractivity contribution in [2.45, 2.75) is 39.7 Å². The van der Waals surface area contributed by atoms with Gasteiger partial charge in [-0.15, -0.1) is 0 Å². The van der Waals surface area contributed by atoms with Crippen LogP contribution in [0, 0.1) is 6.92 Å². The Morgan fingerprint density at radius 1 is 0.931 bits per heavy atom. The highest BCUT2D eigenvalue weighted by Gasteiger charge is 2.16. The van der Waals surface area contributed by atoms with Crippen molar-refractivity contribution in [1.82, 2.24) is 5.32 Å². The number of anilines is 2. The molecule has 0 radical (unpaired) electrons. The molecule has 3 N–H and O–H groups in total. The first-order chi connectivity index (χ1) is 13.6. The van der Waals surface area contributed by atoms with E-state index in [1.165, 1.54) is 0 Å². The maximum Gasteiger partial charge on any atom is 0.407 e. The van der Waals surface area contributed by atoms with Crippen molar-refractivity contribution >= 4 is 29.3 Å². The molecule has 154 valence electrons. The first kappa shape index (κ1) is 21.9. The molecule has 0 saturated heterocycles. The number of hydrogen-bond acceptors (Lipinski definition) is 4. The molecular formula is C22H27N3O4. The summed E-state index contributed by atoms with van der Waals surface area (Å²) in [7, 11) is 0. The van der Waals surface area contributed by atoms with Gasteiger partial charge >= 0.3 is 6.09 Å². The highest BCUT2D eigenvalue weighted by atomic mass is 16.6. The Balaban J connectivity index is 1.79. The largest absolute Gasteiger partial charge is 0.444 e. The first-order valence-corrected chi connectivity index (χ1v) is 9.37. The molecule has 2 rings (SSSR count). The molecule has 0 saturated carbocycles. The molecule has 0 atom stereocenters. The van der Waals surface area contributed by atoms with Gasteiger partial charge in [0.2, 0.25) is 5.91 Å². The fourth-order valence-electron chi connectivity index (χ4n) is 2.44. The third kappa shape index (κ3) is 8.04. The predicted octanol–water partition coefficient (Wildman–Crippen LogP) is 4.10. The van der Waals surface area contributed by atoms with E-state index >= 15 is 0 Å². The third-order valence-corrected chi connectivity index (χ3v) is 3.73. The summed E-state index contributed by atoms with van der Waals surface area (Å²) in [5.41, 5.74) is 2.24. The van der Waals surface area contributed by atoms with Crippen LogP contribution in [0.15, 0.2) is 48.5 Å². The summed E-state index contributed by atoms with van der Waals surface area (Å²) in [6.07, 6.45) is -0.440. The Kier molecular flexibility index (Phi) is 7.36. The maximum absolute atomic E-state index is 12.3. The summed E-state index contributed by atoms with van der Waals surface area (Å²) in [4.78, 5) is 35.8. The second-order valence-corrected chi connectivity index (χ2v) is 7.63. The molecule has 2 aromatic carbocycles. The standard InChI is InChI=1S/C22H27N3O4/c1-15-6-5-7-16(14-15)20(27)25-18-10-8-17(9-11-18)24-19(26)12-13-23-21(28)29-22(2,3)4/h5-11,14H,12-13H2,1-4H3,(H,23,28)(H,24,26)(H,25,27). The number of benzene rings is 2. The molecule has 7 nitrogen and oxygen atoms in total. The van der Waals surface area contributed by atoms with Crippen molar-refractivity contribution in [3.8, 4) is 0 Å². The van der Waals surface area contributed by atoms with Gasteiger partial charge in [0.25, 0.3) is 5.91 Å². The van der Waals surface area contributed by atoms with Crippen LogP contribution in [0.1, 0.15) is 43.1 Å². The molecule has 0 aromatic heterocycles. The van der Waals surface area contributed by atoms with Gasteiger partial charge in [0.05, 0.1) is 0 Å². The van der Waals surface area contributed by atoms with E-state index in [0.29, 0.717) is 16.9 Å². The van der Waals surface area contributed by atoms with Crippen molar-refractivity contribution in [3.63, 3.8) is 0 Å². The van der Waals surface area contributed by atoms with Gasteiger partial charge in [-0.05, 0) is 64.1 Å². The van der Waals surface area contributed by atoms with Gasteiger partial charge < -0.3 is 20.7 Å². The highest BCUT2D eigenvalue weighted by molar-refractivity contribution is 6.04. The molecular weight excluding hydrogens is 370 g/mol. The summed E-state index contributed by atoms with van der Waals surface area (Å²) in [5.74, 6) is -0.434. The van der Waals surface area contributed by atoms with Crippen LogP contribution in [-0.2, 0) is 9.53 Å². The average Bonchev–Trinajstić information content (AvgIpc) is 2.62. The lowest BCUT2D eigenvalue weighted by atomic mass is 10.1. The SMILES string of the molecule is Cc1cccc(C(=O)Nc2ccc(NC(=O)CCNC(=O)OC(C)(C)C)cc2)c1. The minimum atomic E-state index is -0.581. The molecule has 0 aliphatic heterocycles. The zero-order valence-electron chi connectivity index (χ0n) is 17.2. The second-order valence-electron chi connectivity index (χ2n) is 7.63. The number of nitrogens with one attached hydrogen (secondary N) is 3. The van der Waals surface area contributed by atoms with Crippen LogP contribution in [-0.4, -0.2) is 30.1 Å². The minimum absolute atomic E-state index is 0.116. The monoisotopic (exact) mass is 397 g/mol. The van der Waals surface area contributed by atoms with E-state index in [0.717, 1.165) is 5.56 Å². The number of aryl methyl sites for hydroxylation is 1. The number of amides is 3. The zero-order valence-corrected chi connectivity index (χ0v) is 17.2. The van der Waals surface area contributed by atoms with E-state index in [1.807, 2.05) is 25.1 Å². The van der Waals surface area contributed by atoms with Gasteiger partial charge in [-0.2, -0.15) is 0 Å². The number of alkyl carbamates (subject to hydrolysis) is 1. The van der Waals surface area contributed by atoms with Crippen molar-refractivity contribution in [1.29, 1.82) is 0 Å². The summed E-state index contributed by atoms with van der Waals surface area (Å²) < 4.78 is 5.10. The topological polar surface area (TPSA) is 96.5 Å². The Morgan fingerprint density at radius 3 is 2.14 bits per heavy atom. The van der Waals surface area contributed by atoms with Crippen molar-refractivity contribution in [2.24, 2.45) is 0 Å². The molecule has 0 aliphatic rings. The normalized spacial score (nSPS) is 10.8. The second kappa shape index (κ2) is 9.73. The van der Waals surface area contributed by atoms with Crippen molar-refractivity contribution in [2.75, 3.05) is 17.2 Å². The number of carbonyl (C=O) groups is 3. The van der Waals surface area contributed by atoms with Crippen molar-refractivity contribution < 1.29 is 19.1 Å². The highest BCUT2D eigenvalue weighted by Crippen LogP contribution is 2.15. The first-order valence-electron chi connectivity index (χ1n) is 9.37. The van der Waals surface area contributed by atoms with E-state index < -0.39 is 11.7 Å². The number of hydrogen-bond donors (Lipinski definition) is 3. The molecule has 3 amide bonds. The Morgan fingerprint density at radius 2 is 1.55 bits per heavy atom. The van der Waals surface area contributed by atoms with Crippen LogP contribution in [0.3, 0.4) is 0 Å². The maximum atomic E-state index is 12.3. The molecule has 0 spiro atoms. The lowest BCUT2D eigenvalue weighted by Crippen LogP contribution is -2.34. The van der Waals surface area contributed by atoms with Crippen molar-refractivity contribution in [3.05, 3.63) is 59.7 Å². The van der Waals surface area contributed by atoms with Crippen LogP contribution in [0.25, 0.3) is 0 Å². The minimum Gasteiger partial charge on any atom is -0.444 e. The summed E-state index contributed by atoms with van der Waals surface area (Å²) in [6, 6.07) is 14.1. The van der Waals surface area contributed by atoms with Crippen LogP contribution in [0.4, 0.5) is 16.2 Å². The van der Waals surface area contributed by atoms with Crippen LogP contribution in [0.2, 0.25) is 0 Å². The van der Waals surface area contributed by atoms with E-state index in [-0.39, 0.29) is 24.8 Å². The molecule has 0 heterocycles. The lowest BCUT2D eigenvalue weighted by Gasteiger charge is -2.19. The fraction of sp³-hybridized carbons (Fsp3) is 0.318. The number of ether oxygens (including phenoxy) is 1. The van der Waals surface area contributed by atoms with Gasteiger partial charge in [-0.1, -0.05) is 17.7 Å². The fourth-order valence-corrected chi connectivity index (χ4v) is 2.44. The molecule has 0 unspecified atom stereocenters. The Bertz CT molecular complexity index is 870. The smallest absolute Gasteiger partial charge is 0.407 e. The van der Waals surface area contributed by atoms with Crippen LogP contribution in [0.5, 0.6) is 0 Å². The van der Waals surface area contributed by atoms with Crippen LogP contribution >= 0.6 is 0 Å². The summed E-state index contributed by atoms with van der Waals surface area (Å²) >= 11 is 0. The van der Waals surface area contributed by atoms with E-state index in [2.05, 4.69) is 16.0 Å². The van der Waals surface area contributed by atoms with E-state index in [9.17, 15) is 14.4 Å². The van der Waals surface area contributed by atoms with Gasteiger partial charge in [-0.3, -0.25) is 9.59 Å². The quantitative estimate of drug-likeness (QED) is 0.684. The third-order valence-electron chi connectivity index (χ3n) is 3.73.